The summed E-state index contributed by atoms with van der Waals surface area (Å²) in [6.45, 7) is 10.9. The van der Waals surface area contributed by atoms with Crippen molar-refractivity contribution in [3.05, 3.63) is 35.0 Å². The Morgan fingerprint density at radius 1 is 1.19 bits per heavy atom. The summed E-state index contributed by atoms with van der Waals surface area (Å²) in [7, 11) is 1.59. The van der Waals surface area contributed by atoms with Crippen LogP contribution in [0.3, 0.4) is 0 Å². The fraction of sp³-hybridized carbons (Fsp3) is 0.577. The number of ketones is 1. The number of unbranched alkanes of at least 4 members (excludes halogenated alkanes) is 1. The summed E-state index contributed by atoms with van der Waals surface area (Å²) in [5.41, 5.74) is 2.79. The largest absolute Gasteiger partial charge is 0.493 e. The highest BCUT2D eigenvalue weighted by Crippen LogP contribution is 2.48. The van der Waals surface area contributed by atoms with Crippen LogP contribution in [0.15, 0.2) is 34.5 Å². The van der Waals surface area contributed by atoms with Crippen molar-refractivity contribution in [1.29, 1.82) is 0 Å². The van der Waals surface area contributed by atoms with Crippen molar-refractivity contribution in [1.82, 2.24) is 0 Å². The quantitative estimate of drug-likeness (QED) is 0.407. The Labute approximate surface area is 191 Å². The molecule has 1 aliphatic carbocycles. The van der Waals surface area contributed by atoms with Gasteiger partial charge in [-0.3, -0.25) is 14.6 Å². The summed E-state index contributed by atoms with van der Waals surface area (Å²) in [6.07, 6.45) is 2.88. The second-order valence-corrected chi connectivity index (χ2v) is 9.37. The number of allylic oxidation sites excluding steroid dienone is 2. The van der Waals surface area contributed by atoms with Crippen molar-refractivity contribution in [3.63, 3.8) is 0 Å². The van der Waals surface area contributed by atoms with E-state index in [2.05, 4.69) is 20.8 Å². The molecule has 32 heavy (non-hydrogen) atoms. The lowest BCUT2D eigenvalue weighted by atomic mass is 9.67. The van der Waals surface area contributed by atoms with Crippen LogP contribution in [0.4, 0.5) is 0 Å². The molecule has 0 aromatic heterocycles. The van der Waals surface area contributed by atoms with Crippen molar-refractivity contribution >= 4 is 17.5 Å². The SMILES string of the molecule is CCCCOC(=O)C1C(C)=NC2=C(C(=O)CC(C)(C)C2)[C@H]1c1ccc(OCC)c(OC)c1. The van der Waals surface area contributed by atoms with Gasteiger partial charge in [0.25, 0.3) is 0 Å². The van der Waals surface area contributed by atoms with Crippen LogP contribution in [-0.2, 0) is 14.3 Å². The van der Waals surface area contributed by atoms with Gasteiger partial charge in [-0.25, -0.2) is 0 Å². The molecular weight excluding hydrogens is 406 g/mol. The average Bonchev–Trinajstić information content (AvgIpc) is 2.72. The number of carbonyl (C=O) groups excluding carboxylic acids is 2. The Balaban J connectivity index is 2.11. The van der Waals surface area contributed by atoms with Gasteiger partial charge in [0.15, 0.2) is 17.3 Å². The van der Waals surface area contributed by atoms with Crippen molar-refractivity contribution in [2.75, 3.05) is 20.3 Å². The second kappa shape index (κ2) is 9.88. The molecule has 0 amide bonds. The third kappa shape index (κ3) is 4.89. The van der Waals surface area contributed by atoms with Gasteiger partial charge in [0, 0.05) is 29.3 Å². The van der Waals surface area contributed by atoms with Gasteiger partial charge >= 0.3 is 5.97 Å². The maximum Gasteiger partial charge on any atom is 0.315 e. The molecule has 0 saturated carbocycles. The lowest BCUT2D eigenvalue weighted by Crippen LogP contribution is -2.39. The molecule has 6 heteroatoms. The number of ether oxygens (including phenoxy) is 3. The summed E-state index contributed by atoms with van der Waals surface area (Å²) < 4.78 is 16.8. The zero-order chi connectivity index (χ0) is 23.5. The van der Waals surface area contributed by atoms with Gasteiger partial charge in [-0.1, -0.05) is 33.3 Å². The molecule has 0 fully saturated rings. The number of nitrogens with zero attached hydrogens (tertiary/aromatic N) is 1. The molecule has 0 spiro atoms. The molecule has 1 aliphatic heterocycles. The molecule has 1 aromatic rings. The Hall–Kier alpha value is -2.63. The molecule has 0 radical (unpaired) electrons. The number of esters is 1. The molecule has 1 unspecified atom stereocenters. The number of methoxy groups -OCH3 is 1. The van der Waals surface area contributed by atoms with Gasteiger partial charge in [0.05, 0.1) is 20.3 Å². The molecule has 0 N–H and O–H groups in total. The van der Waals surface area contributed by atoms with E-state index < -0.39 is 11.8 Å². The van der Waals surface area contributed by atoms with Crippen LogP contribution >= 0.6 is 0 Å². The van der Waals surface area contributed by atoms with Gasteiger partial charge in [-0.2, -0.15) is 0 Å². The Morgan fingerprint density at radius 2 is 1.94 bits per heavy atom. The van der Waals surface area contributed by atoms with E-state index >= 15 is 0 Å². The van der Waals surface area contributed by atoms with Crippen molar-refractivity contribution in [2.45, 2.75) is 66.2 Å². The second-order valence-electron chi connectivity index (χ2n) is 9.37. The Morgan fingerprint density at radius 3 is 2.59 bits per heavy atom. The number of Topliss-reactive ketones (excluding diaryl/α,β-unsaturated/α-hetero) is 1. The fourth-order valence-corrected chi connectivity index (χ4v) is 4.67. The van der Waals surface area contributed by atoms with E-state index in [0.29, 0.717) is 48.8 Å². The Bertz CT molecular complexity index is 944. The van der Waals surface area contributed by atoms with Gasteiger partial charge < -0.3 is 14.2 Å². The molecule has 174 valence electrons. The summed E-state index contributed by atoms with van der Waals surface area (Å²) in [5, 5.41) is 0. The zero-order valence-electron chi connectivity index (χ0n) is 20.1. The van der Waals surface area contributed by atoms with E-state index in [1.54, 1.807) is 7.11 Å². The first kappa shape index (κ1) is 24.0. The molecule has 0 saturated heterocycles. The van der Waals surface area contributed by atoms with Crippen LogP contribution in [-0.4, -0.2) is 37.8 Å². The monoisotopic (exact) mass is 441 g/mol. The van der Waals surface area contributed by atoms with Crippen molar-refractivity contribution < 1.29 is 23.8 Å². The summed E-state index contributed by atoms with van der Waals surface area (Å²) in [5.74, 6) is -0.164. The molecule has 1 aromatic carbocycles. The smallest absolute Gasteiger partial charge is 0.315 e. The predicted molar refractivity (Wildman–Crippen MR) is 124 cm³/mol. The average molecular weight is 442 g/mol. The van der Waals surface area contributed by atoms with E-state index in [4.69, 9.17) is 19.2 Å². The molecule has 6 nitrogen and oxygen atoms in total. The molecule has 0 bridgehead atoms. The number of hydrogen-bond acceptors (Lipinski definition) is 6. The number of aliphatic imine (C=N–C) groups is 1. The standard InChI is InChI=1S/C26H35NO5/c1-7-9-12-32-25(29)22-16(3)27-18-14-26(4,5)15-19(28)24(18)23(22)17-10-11-20(31-8-2)21(13-17)30-6/h10-11,13,22-23H,7-9,12,14-15H2,1-6H3/t22?,23-/m0/s1. The Kier molecular flexibility index (Phi) is 7.42. The van der Waals surface area contributed by atoms with Gasteiger partial charge in [-0.15, -0.1) is 0 Å². The zero-order valence-corrected chi connectivity index (χ0v) is 20.1. The van der Waals surface area contributed by atoms with E-state index in [-0.39, 0.29) is 17.2 Å². The highest BCUT2D eigenvalue weighted by atomic mass is 16.5. The number of benzene rings is 1. The topological polar surface area (TPSA) is 74.2 Å². The van der Waals surface area contributed by atoms with Crippen molar-refractivity contribution in [3.8, 4) is 11.5 Å². The van der Waals surface area contributed by atoms with Gasteiger partial charge in [-0.05, 0) is 49.8 Å². The maximum atomic E-state index is 13.4. The predicted octanol–water partition coefficient (Wildman–Crippen LogP) is 5.25. The van der Waals surface area contributed by atoms with E-state index in [0.717, 1.165) is 24.1 Å². The molecule has 2 atom stereocenters. The van der Waals surface area contributed by atoms with E-state index in [1.807, 2.05) is 32.0 Å². The molecule has 2 aliphatic rings. The van der Waals surface area contributed by atoms with E-state index in [1.165, 1.54) is 0 Å². The molecule has 3 rings (SSSR count). The van der Waals surface area contributed by atoms with Crippen molar-refractivity contribution in [2.24, 2.45) is 16.3 Å². The summed E-state index contributed by atoms with van der Waals surface area (Å²) >= 11 is 0. The number of rotatable bonds is 8. The third-order valence-corrected chi connectivity index (χ3v) is 6.14. The summed E-state index contributed by atoms with van der Waals surface area (Å²) in [4.78, 5) is 31.3. The first-order valence-electron chi connectivity index (χ1n) is 11.5. The van der Waals surface area contributed by atoms with Crippen LogP contribution in [0, 0.1) is 11.3 Å². The van der Waals surface area contributed by atoms with Gasteiger partial charge in [0.2, 0.25) is 0 Å². The highest BCUT2D eigenvalue weighted by Gasteiger charge is 2.46. The fourth-order valence-electron chi connectivity index (χ4n) is 4.67. The molecular formula is C26H35NO5. The summed E-state index contributed by atoms with van der Waals surface area (Å²) in [6, 6.07) is 5.63. The van der Waals surface area contributed by atoms with Crippen LogP contribution in [0.5, 0.6) is 11.5 Å². The lowest BCUT2D eigenvalue weighted by molar-refractivity contribution is -0.146. The van der Waals surface area contributed by atoms with Crippen LogP contribution in [0.25, 0.3) is 0 Å². The first-order valence-corrected chi connectivity index (χ1v) is 11.5. The van der Waals surface area contributed by atoms with Crippen LogP contribution < -0.4 is 9.47 Å². The third-order valence-electron chi connectivity index (χ3n) is 6.14. The highest BCUT2D eigenvalue weighted by molar-refractivity contribution is 6.09. The molecule has 1 heterocycles. The van der Waals surface area contributed by atoms with Crippen LogP contribution in [0.1, 0.15) is 71.8 Å². The minimum absolute atomic E-state index is 0.0525. The lowest BCUT2D eigenvalue weighted by Gasteiger charge is -2.39. The normalized spacial score (nSPS) is 22.2. The number of hydrogen-bond donors (Lipinski definition) is 0. The minimum Gasteiger partial charge on any atom is -0.493 e. The number of carbonyl (C=O) groups is 2. The van der Waals surface area contributed by atoms with Crippen LogP contribution in [0.2, 0.25) is 0 Å². The van der Waals surface area contributed by atoms with Gasteiger partial charge in [0.1, 0.15) is 5.92 Å². The maximum absolute atomic E-state index is 13.4. The minimum atomic E-state index is -0.640. The first-order chi connectivity index (χ1) is 15.2. The van der Waals surface area contributed by atoms with E-state index in [9.17, 15) is 9.59 Å².